The number of methoxy groups -OCH3 is 1. The van der Waals surface area contributed by atoms with Gasteiger partial charge in [-0.1, -0.05) is 35.4 Å². The molecule has 20 heavy (non-hydrogen) atoms. The Labute approximate surface area is 123 Å². The summed E-state index contributed by atoms with van der Waals surface area (Å²) >= 11 is 5.87. The van der Waals surface area contributed by atoms with Crippen molar-refractivity contribution in [2.75, 3.05) is 12.8 Å². The van der Waals surface area contributed by atoms with Crippen LogP contribution in [0.15, 0.2) is 36.4 Å². The van der Waals surface area contributed by atoms with Crippen LogP contribution in [0.5, 0.6) is 5.75 Å². The molecule has 2 aromatic rings. The van der Waals surface area contributed by atoms with Crippen molar-refractivity contribution in [3.05, 3.63) is 58.1 Å². The van der Waals surface area contributed by atoms with Gasteiger partial charge in [0.15, 0.2) is 0 Å². The largest absolute Gasteiger partial charge is 0.496 e. The lowest BCUT2D eigenvalue weighted by atomic mass is 9.98. The van der Waals surface area contributed by atoms with Gasteiger partial charge in [0.2, 0.25) is 0 Å². The first kappa shape index (κ1) is 14.7. The van der Waals surface area contributed by atoms with Crippen molar-refractivity contribution in [2.24, 2.45) is 0 Å². The highest BCUT2D eigenvalue weighted by Gasteiger charge is 2.15. The highest BCUT2D eigenvalue weighted by molar-refractivity contribution is 6.30. The summed E-state index contributed by atoms with van der Waals surface area (Å²) in [4.78, 5) is 0. The maximum absolute atomic E-state index is 10.4. The second kappa shape index (κ2) is 6.16. The van der Waals surface area contributed by atoms with Crippen LogP contribution in [0.25, 0.3) is 0 Å². The molecule has 0 saturated heterocycles. The van der Waals surface area contributed by atoms with Gasteiger partial charge < -0.3 is 15.6 Å². The van der Waals surface area contributed by atoms with Crippen LogP contribution in [0.3, 0.4) is 0 Å². The first-order valence-corrected chi connectivity index (χ1v) is 6.75. The van der Waals surface area contributed by atoms with Crippen molar-refractivity contribution >= 4 is 17.3 Å². The molecular weight excluding hydrogens is 274 g/mol. The van der Waals surface area contributed by atoms with Crippen LogP contribution in [0.2, 0.25) is 5.02 Å². The molecule has 0 heterocycles. The van der Waals surface area contributed by atoms with E-state index in [2.05, 4.69) is 0 Å². The predicted octanol–water partition coefficient (Wildman–Crippen LogP) is 3.52. The van der Waals surface area contributed by atoms with Gasteiger partial charge in [-0.25, -0.2) is 0 Å². The zero-order chi connectivity index (χ0) is 14.7. The number of benzene rings is 2. The maximum atomic E-state index is 10.4. The molecule has 0 aliphatic carbocycles. The number of aliphatic hydroxyl groups excluding tert-OH is 1. The third-order valence-electron chi connectivity index (χ3n) is 3.26. The molecule has 0 aliphatic heterocycles. The summed E-state index contributed by atoms with van der Waals surface area (Å²) in [6, 6.07) is 11.0. The summed E-state index contributed by atoms with van der Waals surface area (Å²) in [6.07, 6.45) is -0.251. The highest BCUT2D eigenvalue weighted by Crippen LogP contribution is 2.29. The van der Waals surface area contributed by atoms with Crippen molar-refractivity contribution in [1.82, 2.24) is 0 Å². The molecule has 2 rings (SSSR count). The smallest absolute Gasteiger partial charge is 0.122 e. The van der Waals surface area contributed by atoms with E-state index in [1.807, 2.05) is 25.1 Å². The summed E-state index contributed by atoms with van der Waals surface area (Å²) in [5.74, 6) is 0.766. The van der Waals surface area contributed by atoms with Crippen LogP contribution >= 0.6 is 11.6 Å². The van der Waals surface area contributed by atoms with Crippen LogP contribution < -0.4 is 10.5 Å². The van der Waals surface area contributed by atoms with Crippen molar-refractivity contribution < 1.29 is 9.84 Å². The van der Waals surface area contributed by atoms with Crippen molar-refractivity contribution in [3.8, 4) is 5.75 Å². The molecular formula is C16H18ClNO2. The monoisotopic (exact) mass is 291 g/mol. The van der Waals surface area contributed by atoms with Crippen molar-refractivity contribution in [3.63, 3.8) is 0 Å². The lowest BCUT2D eigenvalue weighted by Crippen LogP contribution is -2.06. The fourth-order valence-electron chi connectivity index (χ4n) is 2.23. The van der Waals surface area contributed by atoms with Gasteiger partial charge in [0.25, 0.3) is 0 Å². The Morgan fingerprint density at radius 2 is 2.00 bits per heavy atom. The summed E-state index contributed by atoms with van der Waals surface area (Å²) in [5, 5.41) is 10.9. The molecule has 0 aromatic heterocycles. The molecule has 1 atom stereocenters. The molecule has 2 aromatic carbocycles. The average Bonchev–Trinajstić information content (AvgIpc) is 2.38. The molecule has 3 nitrogen and oxygen atoms in total. The van der Waals surface area contributed by atoms with Gasteiger partial charge in [-0.2, -0.15) is 0 Å². The Morgan fingerprint density at radius 1 is 1.25 bits per heavy atom. The Balaban J connectivity index is 2.27. The van der Waals surface area contributed by atoms with Gasteiger partial charge in [-0.3, -0.25) is 0 Å². The van der Waals surface area contributed by atoms with Gasteiger partial charge in [0, 0.05) is 22.7 Å². The quantitative estimate of drug-likeness (QED) is 0.848. The third-order valence-corrected chi connectivity index (χ3v) is 3.49. The molecule has 0 spiro atoms. The summed E-state index contributed by atoms with van der Waals surface area (Å²) in [5.41, 5.74) is 9.15. The predicted molar refractivity (Wildman–Crippen MR) is 82.3 cm³/mol. The number of hydrogen-bond donors (Lipinski definition) is 2. The summed E-state index contributed by atoms with van der Waals surface area (Å²) in [7, 11) is 1.62. The van der Waals surface area contributed by atoms with Gasteiger partial charge in [0.05, 0.1) is 13.2 Å². The van der Waals surface area contributed by atoms with E-state index >= 15 is 0 Å². The SMILES string of the molecule is COc1ccc(C)cc1CC(O)c1ccc(Cl)cc1N. The molecule has 0 saturated carbocycles. The molecule has 1 unspecified atom stereocenters. The minimum Gasteiger partial charge on any atom is -0.496 e. The van der Waals surface area contributed by atoms with E-state index in [0.29, 0.717) is 22.7 Å². The van der Waals surface area contributed by atoms with Crippen molar-refractivity contribution in [2.45, 2.75) is 19.4 Å². The molecule has 0 amide bonds. The number of aliphatic hydroxyl groups is 1. The molecule has 106 valence electrons. The average molecular weight is 292 g/mol. The summed E-state index contributed by atoms with van der Waals surface area (Å²) < 4.78 is 5.32. The van der Waals surface area contributed by atoms with E-state index in [1.165, 1.54) is 0 Å². The van der Waals surface area contributed by atoms with Crippen molar-refractivity contribution in [1.29, 1.82) is 0 Å². The topological polar surface area (TPSA) is 55.5 Å². The molecule has 3 N–H and O–H groups in total. The van der Waals surface area contributed by atoms with E-state index in [4.69, 9.17) is 22.1 Å². The van der Waals surface area contributed by atoms with E-state index in [1.54, 1.807) is 25.3 Å². The van der Waals surface area contributed by atoms with Crippen LogP contribution in [-0.2, 0) is 6.42 Å². The molecule has 0 fully saturated rings. The second-order valence-electron chi connectivity index (χ2n) is 4.81. The van der Waals surface area contributed by atoms with Gasteiger partial charge >= 0.3 is 0 Å². The summed E-state index contributed by atoms with van der Waals surface area (Å²) in [6.45, 7) is 2.01. The Hall–Kier alpha value is -1.71. The van der Waals surface area contributed by atoms with Gasteiger partial charge in [0.1, 0.15) is 5.75 Å². The van der Waals surface area contributed by atoms with E-state index < -0.39 is 6.10 Å². The first-order valence-electron chi connectivity index (χ1n) is 6.37. The minimum atomic E-state index is -0.692. The van der Waals surface area contributed by atoms with Crippen LogP contribution in [0.1, 0.15) is 22.8 Å². The Kier molecular flexibility index (Phi) is 4.53. The number of nitrogens with two attached hydrogens (primary N) is 1. The molecule has 0 bridgehead atoms. The number of rotatable bonds is 4. The number of nitrogen functional groups attached to an aromatic ring is 1. The van der Waals surface area contributed by atoms with E-state index in [-0.39, 0.29) is 0 Å². The molecule has 0 radical (unpaired) electrons. The fourth-order valence-corrected chi connectivity index (χ4v) is 2.41. The van der Waals surface area contributed by atoms with Gasteiger partial charge in [-0.05, 0) is 30.7 Å². The normalized spacial score (nSPS) is 12.2. The highest BCUT2D eigenvalue weighted by atomic mass is 35.5. The Morgan fingerprint density at radius 3 is 2.65 bits per heavy atom. The number of halogens is 1. The fraction of sp³-hybridized carbons (Fsp3) is 0.250. The lowest BCUT2D eigenvalue weighted by molar-refractivity contribution is 0.178. The second-order valence-corrected chi connectivity index (χ2v) is 5.24. The first-order chi connectivity index (χ1) is 9.51. The van der Waals surface area contributed by atoms with Crippen LogP contribution in [0.4, 0.5) is 5.69 Å². The van der Waals surface area contributed by atoms with E-state index in [0.717, 1.165) is 16.9 Å². The van der Waals surface area contributed by atoms with Gasteiger partial charge in [-0.15, -0.1) is 0 Å². The molecule has 4 heteroatoms. The Bertz CT molecular complexity index is 613. The number of ether oxygens (including phenoxy) is 1. The van der Waals surface area contributed by atoms with E-state index in [9.17, 15) is 5.11 Å². The number of anilines is 1. The third kappa shape index (κ3) is 3.24. The number of aryl methyl sites for hydroxylation is 1. The lowest BCUT2D eigenvalue weighted by Gasteiger charge is -2.16. The zero-order valence-electron chi connectivity index (χ0n) is 11.6. The van der Waals surface area contributed by atoms with Crippen LogP contribution in [0, 0.1) is 6.92 Å². The standard InChI is InChI=1S/C16H18ClNO2/c1-10-3-6-16(20-2)11(7-10)8-15(19)13-5-4-12(17)9-14(13)18/h3-7,9,15,19H,8,18H2,1-2H3. The minimum absolute atomic E-state index is 0.441. The molecule has 0 aliphatic rings. The zero-order valence-corrected chi connectivity index (χ0v) is 12.3. The maximum Gasteiger partial charge on any atom is 0.122 e. The number of hydrogen-bond acceptors (Lipinski definition) is 3. The van der Waals surface area contributed by atoms with Crippen LogP contribution in [-0.4, -0.2) is 12.2 Å².